The van der Waals surface area contributed by atoms with E-state index in [0.29, 0.717) is 46.7 Å². The van der Waals surface area contributed by atoms with Gasteiger partial charge in [0.2, 0.25) is 21.8 Å². The minimum absolute atomic E-state index is 0.00311. The lowest BCUT2D eigenvalue weighted by Crippen LogP contribution is -2.56. The van der Waals surface area contributed by atoms with Gasteiger partial charge in [-0.1, -0.05) is 29.4 Å². The maximum atomic E-state index is 13.7. The fraction of sp³-hybridized carbons (Fsp3) is 0.452. The van der Waals surface area contributed by atoms with Gasteiger partial charge in [0, 0.05) is 31.5 Å². The molecule has 0 aliphatic carbocycles. The van der Waals surface area contributed by atoms with E-state index in [0.717, 1.165) is 19.3 Å². The van der Waals surface area contributed by atoms with Gasteiger partial charge in [0.25, 0.3) is 0 Å². The molecular weight excluding hydrogens is 602 g/mol. The molecule has 4 rings (SSSR count). The third-order valence-corrected chi connectivity index (χ3v) is 9.72. The van der Waals surface area contributed by atoms with Gasteiger partial charge < -0.3 is 15.0 Å². The number of H-pyrrole nitrogens is 1. The van der Waals surface area contributed by atoms with Crippen LogP contribution in [0.1, 0.15) is 54.9 Å². The molecule has 1 fully saturated rings. The first-order chi connectivity index (χ1) is 21.3. The van der Waals surface area contributed by atoms with Crippen LogP contribution in [-0.4, -0.2) is 73.3 Å². The zero-order chi connectivity index (χ0) is 32.9. The Balaban J connectivity index is 1.61. The van der Waals surface area contributed by atoms with E-state index in [1.165, 1.54) is 14.0 Å². The van der Waals surface area contributed by atoms with Gasteiger partial charge >= 0.3 is 5.76 Å². The molecule has 13 nitrogen and oxygen atoms in total. The number of nitrogens with zero attached hydrogens (tertiary/aromatic N) is 2. The highest BCUT2D eigenvalue weighted by atomic mass is 32.2. The molecular formula is C31H39N5O8S. The summed E-state index contributed by atoms with van der Waals surface area (Å²) >= 11 is 0. The monoisotopic (exact) mass is 641 g/mol. The molecule has 2 aromatic carbocycles. The number of aromatic amines is 1. The van der Waals surface area contributed by atoms with Crippen LogP contribution >= 0.6 is 0 Å². The molecule has 1 aliphatic rings. The molecule has 1 saturated heterocycles. The van der Waals surface area contributed by atoms with Crippen LogP contribution in [0.25, 0.3) is 11.4 Å². The molecule has 1 aliphatic heterocycles. The Morgan fingerprint density at radius 1 is 1.04 bits per heavy atom. The van der Waals surface area contributed by atoms with Crippen molar-refractivity contribution in [2.75, 3.05) is 20.2 Å². The molecule has 0 spiro atoms. The topological polar surface area (TPSA) is 181 Å². The summed E-state index contributed by atoms with van der Waals surface area (Å²) in [6.07, 6.45) is 2.37. The summed E-state index contributed by atoms with van der Waals surface area (Å²) < 4.78 is 39.7. The quantitative estimate of drug-likeness (QED) is 0.267. The number of amides is 2. The highest BCUT2D eigenvalue weighted by Crippen LogP contribution is 2.30. The van der Waals surface area contributed by atoms with Gasteiger partial charge in [-0.3, -0.25) is 23.9 Å². The predicted molar refractivity (Wildman–Crippen MR) is 165 cm³/mol. The van der Waals surface area contributed by atoms with E-state index < -0.39 is 46.0 Å². The fourth-order valence-corrected chi connectivity index (χ4v) is 7.29. The van der Waals surface area contributed by atoms with Gasteiger partial charge in [-0.2, -0.15) is 4.72 Å². The molecule has 1 aromatic heterocycles. The van der Waals surface area contributed by atoms with Crippen LogP contribution in [0.4, 0.5) is 0 Å². The zero-order valence-electron chi connectivity index (χ0n) is 26.1. The minimum Gasteiger partial charge on any atom is -0.496 e. The summed E-state index contributed by atoms with van der Waals surface area (Å²) in [5.41, 5.74) is 2.79. The fourth-order valence-electron chi connectivity index (χ4n) is 5.56. The number of piperidine rings is 1. The van der Waals surface area contributed by atoms with Crippen molar-refractivity contribution in [1.29, 1.82) is 0 Å². The molecule has 2 atom stereocenters. The zero-order valence-corrected chi connectivity index (χ0v) is 26.9. The van der Waals surface area contributed by atoms with Crippen molar-refractivity contribution in [2.24, 2.45) is 0 Å². The van der Waals surface area contributed by atoms with Crippen LogP contribution in [0.3, 0.4) is 0 Å². The lowest BCUT2D eigenvalue weighted by molar-refractivity contribution is -0.137. The van der Waals surface area contributed by atoms with Gasteiger partial charge in [0.1, 0.15) is 23.6 Å². The first-order valence-electron chi connectivity index (χ1n) is 14.7. The molecule has 0 radical (unpaired) electrons. The summed E-state index contributed by atoms with van der Waals surface area (Å²) in [7, 11) is -2.78. The van der Waals surface area contributed by atoms with Gasteiger partial charge in [-0.05, 0) is 75.3 Å². The SMILES string of the molecule is COc1cc(C)c(S(=O)(=O)N[C@@H](CC(C)=O)C(=O)N[C@H](Cc2ccc(-c3noc(=O)[nH]3)cc2)C(=O)N2CCCCC2)c(C)c1C. The van der Waals surface area contributed by atoms with Crippen molar-refractivity contribution in [3.8, 4) is 17.1 Å². The lowest BCUT2D eigenvalue weighted by atomic mass is 10.0. The smallest absolute Gasteiger partial charge is 0.439 e. The van der Waals surface area contributed by atoms with Crippen LogP contribution < -0.4 is 20.5 Å². The summed E-state index contributed by atoms with van der Waals surface area (Å²) in [6, 6.07) is 5.98. The lowest BCUT2D eigenvalue weighted by Gasteiger charge is -2.31. The minimum atomic E-state index is -4.28. The normalized spacial score (nSPS) is 14.9. The number of hydrogen-bond donors (Lipinski definition) is 3. The molecule has 14 heteroatoms. The van der Waals surface area contributed by atoms with E-state index in [1.54, 1.807) is 56.0 Å². The number of hydrogen-bond acceptors (Lipinski definition) is 9. The molecule has 2 amide bonds. The van der Waals surface area contributed by atoms with Crippen LogP contribution in [0, 0.1) is 20.8 Å². The number of carbonyl (C=O) groups excluding carboxylic acids is 3. The standard InChI is InChI=1S/C31H39N5O8S/c1-18-15-26(43-5)20(3)21(4)27(18)45(41,42)35-24(16-19(2)37)29(38)32-25(30(39)36-13-7-6-8-14-36)17-22-9-11-23(12-10-22)28-33-31(40)44-34-28/h9-12,15,24-25,35H,6-8,13-14,16-17H2,1-5H3,(H,32,38)(H,33,34,40)/t24-,25+/m0/s1. The number of likely N-dealkylation sites (tertiary alicyclic amines) is 1. The first kappa shape index (κ1) is 33.6. The molecule has 0 bridgehead atoms. The Morgan fingerprint density at radius 2 is 1.71 bits per heavy atom. The summed E-state index contributed by atoms with van der Waals surface area (Å²) in [6.45, 7) is 7.37. The Morgan fingerprint density at radius 3 is 2.29 bits per heavy atom. The number of sulfonamides is 1. The van der Waals surface area contributed by atoms with Crippen molar-refractivity contribution in [1.82, 2.24) is 25.1 Å². The maximum absolute atomic E-state index is 13.7. The highest BCUT2D eigenvalue weighted by molar-refractivity contribution is 7.89. The van der Waals surface area contributed by atoms with Crippen LogP contribution in [0.15, 0.2) is 44.5 Å². The number of benzene rings is 2. The van der Waals surface area contributed by atoms with Crippen molar-refractivity contribution in [3.05, 3.63) is 63.1 Å². The number of aromatic nitrogens is 2. The number of aryl methyl sites for hydroxylation is 1. The maximum Gasteiger partial charge on any atom is 0.439 e. The molecule has 242 valence electrons. The number of ketones is 1. The second-order valence-corrected chi connectivity index (χ2v) is 13.0. The number of ether oxygens (including phenoxy) is 1. The van der Waals surface area contributed by atoms with Gasteiger partial charge in [-0.15, -0.1) is 0 Å². The third-order valence-electron chi connectivity index (χ3n) is 7.96. The second-order valence-electron chi connectivity index (χ2n) is 11.3. The Kier molecular flexibility index (Phi) is 10.6. The van der Waals surface area contributed by atoms with Crippen molar-refractivity contribution in [3.63, 3.8) is 0 Å². The van der Waals surface area contributed by atoms with E-state index in [-0.39, 0.29) is 23.0 Å². The average molecular weight is 642 g/mol. The summed E-state index contributed by atoms with van der Waals surface area (Å²) in [4.78, 5) is 55.1. The van der Waals surface area contributed by atoms with E-state index in [1.807, 2.05) is 0 Å². The Bertz CT molecular complexity index is 1720. The average Bonchev–Trinajstić information content (AvgIpc) is 3.44. The number of carbonyl (C=O) groups is 3. The Labute approximate surface area is 261 Å². The largest absolute Gasteiger partial charge is 0.496 e. The number of methoxy groups -OCH3 is 1. The van der Waals surface area contributed by atoms with E-state index >= 15 is 0 Å². The van der Waals surface area contributed by atoms with Crippen LogP contribution in [-0.2, 0) is 30.8 Å². The van der Waals surface area contributed by atoms with Crippen molar-refractivity contribution < 1.29 is 32.1 Å². The molecule has 0 unspecified atom stereocenters. The van der Waals surface area contributed by atoms with Crippen molar-refractivity contribution >= 4 is 27.6 Å². The van der Waals surface area contributed by atoms with Crippen molar-refractivity contribution in [2.45, 2.75) is 76.8 Å². The molecule has 0 saturated carbocycles. The highest BCUT2D eigenvalue weighted by Gasteiger charge is 2.34. The number of rotatable bonds is 12. The molecule has 3 aromatic rings. The first-order valence-corrected chi connectivity index (χ1v) is 16.2. The number of Topliss-reactive ketones (excluding diaryl/α,β-unsaturated/α-hetero) is 1. The van der Waals surface area contributed by atoms with E-state index in [2.05, 4.69) is 24.7 Å². The van der Waals surface area contributed by atoms with Gasteiger partial charge in [0.05, 0.1) is 12.0 Å². The van der Waals surface area contributed by atoms with Gasteiger partial charge in [0.15, 0.2) is 5.82 Å². The molecule has 45 heavy (non-hydrogen) atoms. The van der Waals surface area contributed by atoms with Crippen LogP contribution in [0.5, 0.6) is 5.75 Å². The molecule has 3 N–H and O–H groups in total. The summed E-state index contributed by atoms with van der Waals surface area (Å²) in [5, 5.41) is 6.42. The third kappa shape index (κ3) is 8.05. The van der Waals surface area contributed by atoms with E-state index in [9.17, 15) is 27.6 Å². The molecule has 2 heterocycles. The second kappa shape index (κ2) is 14.2. The number of nitrogens with one attached hydrogen (secondary N) is 3. The van der Waals surface area contributed by atoms with E-state index in [4.69, 9.17) is 4.74 Å². The Hall–Kier alpha value is -4.30. The predicted octanol–water partition coefficient (Wildman–Crippen LogP) is 2.33. The van der Waals surface area contributed by atoms with Crippen LogP contribution in [0.2, 0.25) is 0 Å². The van der Waals surface area contributed by atoms with Gasteiger partial charge in [-0.25, -0.2) is 13.2 Å². The summed E-state index contributed by atoms with van der Waals surface area (Å²) in [5.74, 6) is -1.40.